The number of hydrogen-bond donors (Lipinski definition) is 3. The SMILES string of the molecule is COC(=O)[C@@H]1S[C@@H](C(=O)O)N(C(=O)CNC(=O)Nc2cccc(C)c2)[C@H]1c1ccccc1. The number of nitrogens with one attached hydrogen (secondary N) is 2. The third kappa shape index (κ3) is 5.20. The van der Waals surface area contributed by atoms with Crippen LogP contribution in [0, 0.1) is 6.92 Å². The Bertz CT molecular complexity index is 1020. The van der Waals surface area contributed by atoms with E-state index in [1.807, 2.05) is 13.0 Å². The zero-order valence-corrected chi connectivity index (χ0v) is 18.3. The molecular weight excluding hydrogens is 434 g/mol. The molecule has 3 rings (SSSR count). The highest BCUT2D eigenvalue weighted by atomic mass is 32.2. The van der Waals surface area contributed by atoms with Crippen LogP contribution in [0.1, 0.15) is 17.2 Å². The fourth-order valence-electron chi connectivity index (χ4n) is 3.47. The third-order valence-corrected chi connectivity index (χ3v) is 6.29. The van der Waals surface area contributed by atoms with Gasteiger partial charge in [0.2, 0.25) is 5.91 Å². The maximum absolute atomic E-state index is 13.1. The van der Waals surface area contributed by atoms with Gasteiger partial charge in [-0.3, -0.25) is 9.59 Å². The Kier molecular flexibility index (Phi) is 7.37. The lowest BCUT2D eigenvalue weighted by Gasteiger charge is -2.29. The molecule has 1 heterocycles. The van der Waals surface area contributed by atoms with Gasteiger partial charge in [-0.2, -0.15) is 0 Å². The number of carbonyl (C=O) groups is 4. The molecule has 9 nitrogen and oxygen atoms in total. The number of nitrogens with zero attached hydrogens (tertiary/aromatic N) is 1. The fourth-order valence-corrected chi connectivity index (χ4v) is 4.88. The second kappa shape index (κ2) is 10.2. The molecule has 168 valence electrons. The Labute approximate surface area is 189 Å². The van der Waals surface area contributed by atoms with E-state index in [-0.39, 0.29) is 0 Å². The summed E-state index contributed by atoms with van der Waals surface area (Å²) in [7, 11) is 1.21. The summed E-state index contributed by atoms with van der Waals surface area (Å²) in [5, 5.41) is 12.6. The summed E-state index contributed by atoms with van der Waals surface area (Å²) >= 11 is 0.832. The van der Waals surface area contributed by atoms with Gasteiger partial charge in [-0.1, -0.05) is 42.5 Å². The molecule has 1 fully saturated rings. The van der Waals surface area contributed by atoms with Crippen LogP contribution in [0.5, 0.6) is 0 Å². The Morgan fingerprint density at radius 1 is 1.09 bits per heavy atom. The molecule has 0 saturated carbocycles. The smallest absolute Gasteiger partial charge is 0.337 e. The lowest BCUT2D eigenvalue weighted by molar-refractivity contribution is -0.148. The van der Waals surface area contributed by atoms with Crippen molar-refractivity contribution in [1.82, 2.24) is 10.2 Å². The molecule has 0 spiro atoms. The van der Waals surface area contributed by atoms with Gasteiger partial charge in [0.05, 0.1) is 19.7 Å². The van der Waals surface area contributed by atoms with Crippen molar-refractivity contribution in [1.29, 1.82) is 0 Å². The number of hydrogen-bond acceptors (Lipinski definition) is 6. The van der Waals surface area contributed by atoms with Gasteiger partial charge in [0.15, 0.2) is 5.37 Å². The highest BCUT2D eigenvalue weighted by Crippen LogP contribution is 2.45. The number of rotatable bonds is 6. The van der Waals surface area contributed by atoms with Crippen molar-refractivity contribution in [3.05, 3.63) is 65.7 Å². The first-order valence-electron chi connectivity index (χ1n) is 9.75. The molecule has 1 aliphatic rings. The molecule has 2 aromatic rings. The minimum Gasteiger partial charge on any atom is -0.479 e. The zero-order chi connectivity index (χ0) is 23.3. The van der Waals surface area contributed by atoms with Crippen LogP contribution < -0.4 is 10.6 Å². The van der Waals surface area contributed by atoms with Crippen LogP contribution in [0.15, 0.2) is 54.6 Å². The van der Waals surface area contributed by atoms with Crippen molar-refractivity contribution in [2.45, 2.75) is 23.6 Å². The number of benzene rings is 2. The normalized spacial score (nSPS) is 19.8. The van der Waals surface area contributed by atoms with E-state index in [0.29, 0.717) is 11.3 Å². The maximum Gasteiger partial charge on any atom is 0.337 e. The molecule has 1 aliphatic heterocycles. The molecule has 0 radical (unpaired) electrons. The van der Waals surface area contributed by atoms with E-state index in [1.54, 1.807) is 48.5 Å². The minimum absolute atomic E-state index is 0.445. The molecule has 10 heteroatoms. The second-order valence-corrected chi connectivity index (χ2v) is 8.33. The van der Waals surface area contributed by atoms with Crippen molar-refractivity contribution < 1.29 is 29.0 Å². The van der Waals surface area contributed by atoms with Gasteiger partial charge in [0.1, 0.15) is 5.25 Å². The van der Waals surface area contributed by atoms with Crippen LogP contribution in [-0.2, 0) is 19.1 Å². The summed E-state index contributed by atoms with van der Waals surface area (Å²) in [6.07, 6.45) is 0. The van der Waals surface area contributed by atoms with E-state index in [1.165, 1.54) is 7.11 Å². The number of amides is 3. The number of anilines is 1. The Hall–Kier alpha value is -3.53. The molecule has 3 amide bonds. The molecule has 2 aromatic carbocycles. The first kappa shape index (κ1) is 23.1. The number of urea groups is 1. The predicted molar refractivity (Wildman–Crippen MR) is 119 cm³/mol. The molecule has 0 unspecified atom stereocenters. The van der Waals surface area contributed by atoms with Crippen molar-refractivity contribution >= 4 is 41.3 Å². The first-order valence-corrected chi connectivity index (χ1v) is 10.7. The van der Waals surface area contributed by atoms with E-state index < -0.39 is 47.1 Å². The molecule has 0 aromatic heterocycles. The predicted octanol–water partition coefficient (Wildman–Crippen LogP) is 2.39. The number of aliphatic carboxylic acids is 1. The number of carboxylic acids is 1. The largest absolute Gasteiger partial charge is 0.479 e. The second-order valence-electron chi connectivity index (χ2n) is 7.10. The van der Waals surface area contributed by atoms with Crippen molar-refractivity contribution in [2.75, 3.05) is 19.0 Å². The molecule has 0 bridgehead atoms. The number of carboxylic acid groups (broad SMARTS) is 1. The minimum atomic E-state index is -1.31. The molecule has 3 atom stereocenters. The Balaban J connectivity index is 1.79. The molecule has 0 aliphatic carbocycles. The average molecular weight is 458 g/mol. The van der Waals surface area contributed by atoms with Crippen molar-refractivity contribution in [3.63, 3.8) is 0 Å². The van der Waals surface area contributed by atoms with Gasteiger partial charge in [-0.25, -0.2) is 9.59 Å². The summed E-state index contributed by atoms with van der Waals surface area (Å²) in [5.74, 6) is -2.53. The van der Waals surface area contributed by atoms with Gasteiger partial charge in [0, 0.05) is 5.69 Å². The topological polar surface area (TPSA) is 125 Å². The van der Waals surface area contributed by atoms with Gasteiger partial charge < -0.3 is 25.4 Å². The third-order valence-electron chi connectivity index (χ3n) is 4.86. The monoisotopic (exact) mass is 457 g/mol. The van der Waals surface area contributed by atoms with E-state index in [0.717, 1.165) is 22.2 Å². The van der Waals surface area contributed by atoms with E-state index in [9.17, 15) is 24.3 Å². The van der Waals surface area contributed by atoms with E-state index in [4.69, 9.17) is 4.74 Å². The molecule has 1 saturated heterocycles. The maximum atomic E-state index is 13.1. The number of aryl methyl sites for hydroxylation is 1. The van der Waals surface area contributed by atoms with Crippen LogP contribution in [0.3, 0.4) is 0 Å². The van der Waals surface area contributed by atoms with Crippen molar-refractivity contribution in [2.24, 2.45) is 0 Å². The standard InChI is InChI=1S/C22H23N3O6S/c1-13-7-6-10-15(11-13)24-22(30)23-12-16(26)25-17(14-8-4-3-5-9-14)18(21(29)31-2)32-19(25)20(27)28/h3-11,17-19H,12H2,1-2H3,(H,27,28)(H2,23,24,30)/t17-,18+,19-/m0/s1. The lowest BCUT2D eigenvalue weighted by Crippen LogP contribution is -2.47. The van der Waals surface area contributed by atoms with E-state index in [2.05, 4.69) is 10.6 Å². The average Bonchev–Trinajstić information content (AvgIpc) is 3.18. The molecule has 32 heavy (non-hydrogen) atoms. The van der Waals surface area contributed by atoms with Crippen LogP contribution in [0.2, 0.25) is 0 Å². The van der Waals surface area contributed by atoms with Gasteiger partial charge >= 0.3 is 18.0 Å². The first-order chi connectivity index (χ1) is 15.3. The Morgan fingerprint density at radius 2 is 1.81 bits per heavy atom. The van der Waals surface area contributed by atoms with Crippen LogP contribution in [0.25, 0.3) is 0 Å². The summed E-state index contributed by atoms with van der Waals surface area (Å²) in [5.41, 5.74) is 2.11. The van der Waals surface area contributed by atoms with Crippen LogP contribution in [-0.4, -0.2) is 58.2 Å². The molecule has 3 N–H and O–H groups in total. The highest BCUT2D eigenvalue weighted by molar-refractivity contribution is 8.02. The number of methoxy groups -OCH3 is 1. The highest BCUT2D eigenvalue weighted by Gasteiger charge is 2.51. The van der Waals surface area contributed by atoms with Crippen LogP contribution >= 0.6 is 11.8 Å². The molecular formula is C22H23N3O6S. The Morgan fingerprint density at radius 3 is 2.44 bits per heavy atom. The van der Waals surface area contributed by atoms with Gasteiger partial charge in [0.25, 0.3) is 0 Å². The quantitative estimate of drug-likeness (QED) is 0.569. The summed E-state index contributed by atoms with van der Waals surface area (Å²) in [4.78, 5) is 50.7. The van der Waals surface area contributed by atoms with Crippen LogP contribution in [0.4, 0.5) is 10.5 Å². The number of carbonyl (C=O) groups excluding carboxylic acids is 3. The zero-order valence-electron chi connectivity index (χ0n) is 17.5. The number of esters is 1. The summed E-state index contributed by atoms with van der Waals surface area (Å²) in [6.45, 7) is 1.43. The lowest BCUT2D eigenvalue weighted by atomic mass is 10.0. The number of thioether (sulfide) groups is 1. The fraction of sp³-hybridized carbons (Fsp3) is 0.273. The number of ether oxygens (including phenoxy) is 1. The van der Waals surface area contributed by atoms with Crippen molar-refractivity contribution in [3.8, 4) is 0 Å². The summed E-state index contributed by atoms with van der Waals surface area (Å²) in [6, 6.07) is 14.3. The van der Waals surface area contributed by atoms with Gasteiger partial charge in [-0.15, -0.1) is 11.8 Å². The summed E-state index contributed by atoms with van der Waals surface area (Å²) < 4.78 is 4.85. The van der Waals surface area contributed by atoms with E-state index >= 15 is 0 Å². The van der Waals surface area contributed by atoms with Gasteiger partial charge in [-0.05, 0) is 30.2 Å².